The lowest BCUT2D eigenvalue weighted by atomic mass is 10.3. The zero-order chi connectivity index (χ0) is 8.10. The van der Waals surface area contributed by atoms with Gasteiger partial charge in [-0.05, 0) is 7.05 Å². The van der Waals surface area contributed by atoms with Crippen LogP contribution >= 0.6 is 11.6 Å². The van der Waals surface area contributed by atoms with Gasteiger partial charge in [0.2, 0.25) is 0 Å². The van der Waals surface area contributed by atoms with Crippen molar-refractivity contribution < 1.29 is 0 Å². The largest absolute Gasteiger partial charge is 0.304 e. The molecule has 0 spiro atoms. The van der Waals surface area contributed by atoms with Gasteiger partial charge in [0.05, 0.1) is 0 Å². The molecule has 0 atom stereocenters. The third-order valence-corrected chi connectivity index (χ3v) is 2.23. The zero-order valence-electron chi connectivity index (χ0n) is 6.96. The standard InChI is InChI=1S/C8H15ClN2/c1-10-5-7-11(8-6-10)4-2-3-9/h2-3H,4-8H2,1H3/b3-2-. The third-order valence-electron chi connectivity index (χ3n) is 2.05. The van der Waals surface area contributed by atoms with Crippen molar-refractivity contribution in [2.45, 2.75) is 0 Å². The Hall–Kier alpha value is -0.0500. The molecule has 0 aliphatic carbocycles. The van der Waals surface area contributed by atoms with Crippen LogP contribution in [0.25, 0.3) is 0 Å². The Balaban J connectivity index is 2.17. The van der Waals surface area contributed by atoms with E-state index in [9.17, 15) is 0 Å². The van der Waals surface area contributed by atoms with Crippen molar-refractivity contribution in [3.05, 3.63) is 11.6 Å². The number of hydrogen-bond donors (Lipinski definition) is 0. The molecule has 1 heterocycles. The summed E-state index contributed by atoms with van der Waals surface area (Å²) in [4.78, 5) is 4.75. The SMILES string of the molecule is CN1CCN(C/C=C\Cl)CC1. The summed E-state index contributed by atoms with van der Waals surface area (Å²) in [5.74, 6) is 0. The Morgan fingerprint density at radius 3 is 2.45 bits per heavy atom. The van der Waals surface area contributed by atoms with Gasteiger partial charge in [-0.25, -0.2) is 0 Å². The molecule has 64 valence electrons. The van der Waals surface area contributed by atoms with Gasteiger partial charge in [-0.2, -0.15) is 0 Å². The summed E-state index contributed by atoms with van der Waals surface area (Å²) in [7, 11) is 2.16. The lowest BCUT2D eigenvalue weighted by Gasteiger charge is -2.31. The van der Waals surface area contributed by atoms with Crippen molar-refractivity contribution in [1.29, 1.82) is 0 Å². The van der Waals surface area contributed by atoms with Crippen molar-refractivity contribution >= 4 is 11.6 Å². The maximum Gasteiger partial charge on any atom is 0.0175 e. The van der Waals surface area contributed by atoms with E-state index in [1.54, 1.807) is 5.54 Å². The van der Waals surface area contributed by atoms with E-state index >= 15 is 0 Å². The topological polar surface area (TPSA) is 6.48 Å². The Labute approximate surface area is 73.4 Å². The van der Waals surface area contributed by atoms with Gasteiger partial charge in [0.1, 0.15) is 0 Å². The smallest absolute Gasteiger partial charge is 0.0175 e. The molecule has 1 fully saturated rings. The Morgan fingerprint density at radius 1 is 1.27 bits per heavy atom. The molecule has 0 aromatic heterocycles. The summed E-state index contributed by atoms with van der Waals surface area (Å²) >= 11 is 5.43. The summed E-state index contributed by atoms with van der Waals surface area (Å²) in [6.07, 6.45) is 1.99. The fourth-order valence-electron chi connectivity index (χ4n) is 1.22. The van der Waals surface area contributed by atoms with Crippen molar-refractivity contribution in [2.24, 2.45) is 0 Å². The highest BCUT2D eigenvalue weighted by atomic mass is 35.5. The Morgan fingerprint density at radius 2 is 1.91 bits per heavy atom. The highest BCUT2D eigenvalue weighted by Crippen LogP contribution is 1.98. The number of halogens is 1. The molecule has 1 rings (SSSR count). The summed E-state index contributed by atoms with van der Waals surface area (Å²) in [6.45, 7) is 5.68. The Kier molecular flexibility index (Phi) is 3.91. The van der Waals surface area contributed by atoms with Gasteiger partial charge in [-0.3, -0.25) is 4.90 Å². The highest BCUT2D eigenvalue weighted by Gasteiger charge is 2.11. The van der Waals surface area contributed by atoms with E-state index in [-0.39, 0.29) is 0 Å². The van der Waals surface area contributed by atoms with Crippen LogP contribution in [0.5, 0.6) is 0 Å². The maximum atomic E-state index is 5.43. The lowest BCUT2D eigenvalue weighted by Crippen LogP contribution is -2.44. The van der Waals surface area contributed by atoms with Gasteiger partial charge < -0.3 is 4.90 Å². The number of hydrogen-bond acceptors (Lipinski definition) is 2. The van der Waals surface area contributed by atoms with Gasteiger partial charge >= 0.3 is 0 Å². The third kappa shape index (κ3) is 3.23. The first-order chi connectivity index (χ1) is 5.33. The number of rotatable bonds is 2. The minimum Gasteiger partial charge on any atom is -0.304 e. The minimum atomic E-state index is 0.997. The molecule has 3 heteroatoms. The van der Waals surface area contributed by atoms with Crippen molar-refractivity contribution in [1.82, 2.24) is 9.80 Å². The molecule has 0 aromatic carbocycles. The fourth-order valence-corrected chi connectivity index (χ4v) is 1.30. The summed E-state index contributed by atoms with van der Waals surface area (Å²) in [5, 5.41) is 0. The fraction of sp³-hybridized carbons (Fsp3) is 0.750. The molecular formula is C8H15ClN2. The molecular weight excluding hydrogens is 160 g/mol. The highest BCUT2D eigenvalue weighted by molar-refractivity contribution is 6.25. The monoisotopic (exact) mass is 174 g/mol. The number of nitrogens with zero attached hydrogens (tertiary/aromatic N) is 2. The molecule has 0 unspecified atom stereocenters. The van der Waals surface area contributed by atoms with Gasteiger partial charge in [0.15, 0.2) is 0 Å². The average Bonchev–Trinajstić information content (AvgIpc) is 2.04. The van der Waals surface area contributed by atoms with E-state index in [1.165, 1.54) is 13.1 Å². The van der Waals surface area contributed by atoms with Crippen LogP contribution in [-0.4, -0.2) is 49.6 Å². The van der Waals surface area contributed by atoms with Crippen LogP contribution in [0, 0.1) is 0 Å². The molecule has 1 aliphatic rings. The second kappa shape index (κ2) is 4.75. The molecule has 0 N–H and O–H groups in total. The lowest BCUT2D eigenvalue weighted by molar-refractivity contribution is 0.166. The molecule has 0 radical (unpaired) electrons. The molecule has 0 bridgehead atoms. The van der Waals surface area contributed by atoms with Gasteiger partial charge in [-0.1, -0.05) is 17.7 Å². The van der Waals surface area contributed by atoms with Crippen LogP contribution in [0.3, 0.4) is 0 Å². The van der Waals surface area contributed by atoms with E-state index in [0.717, 1.165) is 19.6 Å². The normalized spacial score (nSPS) is 23.1. The first-order valence-corrected chi connectivity index (χ1v) is 4.42. The van der Waals surface area contributed by atoms with Crippen LogP contribution in [0.1, 0.15) is 0 Å². The van der Waals surface area contributed by atoms with Crippen LogP contribution in [0.4, 0.5) is 0 Å². The van der Waals surface area contributed by atoms with Gasteiger partial charge in [-0.15, -0.1) is 0 Å². The molecule has 1 saturated heterocycles. The van der Waals surface area contributed by atoms with Crippen LogP contribution in [0.15, 0.2) is 11.6 Å². The predicted octanol–water partition coefficient (Wildman–Crippen LogP) is 0.986. The van der Waals surface area contributed by atoms with E-state index < -0.39 is 0 Å². The quantitative estimate of drug-likeness (QED) is 0.616. The van der Waals surface area contributed by atoms with Crippen LogP contribution in [0.2, 0.25) is 0 Å². The van der Waals surface area contributed by atoms with Crippen LogP contribution in [-0.2, 0) is 0 Å². The predicted molar refractivity (Wildman–Crippen MR) is 48.9 cm³/mol. The molecule has 11 heavy (non-hydrogen) atoms. The second-order valence-corrected chi connectivity index (χ2v) is 3.22. The number of piperazine rings is 1. The van der Waals surface area contributed by atoms with Crippen LogP contribution < -0.4 is 0 Å². The molecule has 0 saturated carbocycles. The minimum absolute atomic E-state index is 0.997. The average molecular weight is 175 g/mol. The summed E-state index contributed by atoms with van der Waals surface area (Å²) in [5.41, 5.74) is 1.60. The van der Waals surface area contributed by atoms with E-state index in [1.807, 2.05) is 6.08 Å². The first-order valence-electron chi connectivity index (χ1n) is 3.99. The van der Waals surface area contributed by atoms with Gasteiger partial charge in [0.25, 0.3) is 0 Å². The van der Waals surface area contributed by atoms with E-state index in [4.69, 9.17) is 11.6 Å². The van der Waals surface area contributed by atoms with Gasteiger partial charge in [0, 0.05) is 38.3 Å². The first kappa shape index (κ1) is 9.04. The Bertz CT molecular complexity index is 128. The summed E-state index contributed by atoms with van der Waals surface area (Å²) in [6, 6.07) is 0. The van der Waals surface area contributed by atoms with Crippen molar-refractivity contribution in [3.63, 3.8) is 0 Å². The maximum absolute atomic E-state index is 5.43. The van der Waals surface area contributed by atoms with Crippen molar-refractivity contribution in [3.8, 4) is 0 Å². The second-order valence-electron chi connectivity index (χ2n) is 2.97. The molecule has 1 aliphatic heterocycles. The number of likely N-dealkylation sites (N-methyl/N-ethyl adjacent to an activating group) is 1. The van der Waals surface area contributed by atoms with Crippen molar-refractivity contribution in [2.75, 3.05) is 39.8 Å². The molecule has 0 amide bonds. The zero-order valence-corrected chi connectivity index (χ0v) is 7.72. The van der Waals surface area contributed by atoms with E-state index in [0.29, 0.717) is 0 Å². The molecule has 2 nitrogen and oxygen atoms in total. The summed E-state index contributed by atoms with van der Waals surface area (Å²) < 4.78 is 0. The molecule has 0 aromatic rings. The van der Waals surface area contributed by atoms with E-state index in [2.05, 4.69) is 16.8 Å².